The Hall–Kier alpha value is -2.04. The highest BCUT2D eigenvalue weighted by molar-refractivity contribution is 6.35. The summed E-state index contributed by atoms with van der Waals surface area (Å²) in [6.07, 6.45) is 16.0. The molecule has 5 heteroatoms. The van der Waals surface area contributed by atoms with E-state index in [0.717, 1.165) is 18.4 Å². The maximum Gasteiger partial charge on any atom is 0.309 e. The van der Waals surface area contributed by atoms with Gasteiger partial charge in [0.1, 0.15) is 5.75 Å². The molecular weight excluding hydrogens is 364 g/mol. The zero-order valence-electron chi connectivity index (χ0n) is 18.2. The third-order valence-corrected chi connectivity index (χ3v) is 5.16. The molecule has 29 heavy (non-hydrogen) atoms. The molecule has 0 unspecified atom stereocenters. The Morgan fingerprint density at radius 1 is 0.690 bits per heavy atom. The lowest BCUT2D eigenvalue weighted by atomic mass is 10.1. The lowest BCUT2D eigenvalue weighted by Crippen LogP contribution is -2.40. The molecule has 1 rings (SSSR count). The fourth-order valence-electron chi connectivity index (χ4n) is 3.31. The summed E-state index contributed by atoms with van der Waals surface area (Å²) in [6.45, 7) is 3.21. The third-order valence-electron chi connectivity index (χ3n) is 5.16. The van der Waals surface area contributed by atoms with Crippen molar-refractivity contribution >= 4 is 11.8 Å². The Balaban J connectivity index is 1.90. The molecular formula is C24H40N2O3. The molecule has 0 radical (unpaired) electrons. The highest BCUT2D eigenvalue weighted by Crippen LogP contribution is 2.12. The van der Waals surface area contributed by atoms with E-state index in [-0.39, 0.29) is 5.75 Å². The molecule has 5 nitrogen and oxygen atoms in total. The first kappa shape index (κ1) is 25.0. The minimum atomic E-state index is -0.581. The maximum atomic E-state index is 11.8. The largest absolute Gasteiger partial charge is 0.508 e. The monoisotopic (exact) mass is 404 g/mol. The molecule has 164 valence electrons. The van der Waals surface area contributed by atoms with Crippen LogP contribution in [0.5, 0.6) is 5.75 Å². The molecule has 0 atom stereocenters. The fraction of sp³-hybridized carbons (Fsp3) is 0.667. The Bertz CT molecular complexity index is 558. The number of phenols is 1. The van der Waals surface area contributed by atoms with Crippen LogP contribution in [0.3, 0.4) is 0 Å². The first-order chi connectivity index (χ1) is 14.1. The third kappa shape index (κ3) is 13.7. The van der Waals surface area contributed by atoms with E-state index in [9.17, 15) is 14.7 Å². The summed E-state index contributed by atoms with van der Waals surface area (Å²) < 4.78 is 0. The van der Waals surface area contributed by atoms with E-state index in [1.54, 1.807) is 24.3 Å². The Kier molecular flexibility index (Phi) is 14.5. The predicted molar refractivity (Wildman–Crippen MR) is 119 cm³/mol. The minimum absolute atomic E-state index is 0.218. The summed E-state index contributed by atoms with van der Waals surface area (Å²) in [6, 6.07) is 6.82. The number of carbonyl (C=O) groups excluding carboxylic acids is 2. The van der Waals surface area contributed by atoms with Crippen molar-refractivity contribution in [3.8, 4) is 5.75 Å². The number of rotatable bonds is 16. The highest BCUT2D eigenvalue weighted by atomic mass is 16.3. The normalized spacial score (nSPS) is 10.7. The summed E-state index contributed by atoms with van der Waals surface area (Å²) in [4.78, 5) is 23.5. The van der Waals surface area contributed by atoms with Crippen molar-refractivity contribution in [3.63, 3.8) is 0 Å². The quantitative estimate of drug-likeness (QED) is 0.272. The van der Waals surface area contributed by atoms with Gasteiger partial charge >= 0.3 is 11.8 Å². The van der Waals surface area contributed by atoms with Gasteiger partial charge in [-0.3, -0.25) is 9.59 Å². The van der Waals surface area contributed by atoms with E-state index in [1.807, 2.05) is 0 Å². The van der Waals surface area contributed by atoms with Gasteiger partial charge in [0, 0.05) is 13.1 Å². The number of carbonyl (C=O) groups is 2. The van der Waals surface area contributed by atoms with E-state index >= 15 is 0 Å². The molecule has 2 amide bonds. The molecule has 0 saturated heterocycles. The zero-order chi connectivity index (χ0) is 21.2. The molecule has 0 bridgehead atoms. The molecule has 1 aromatic carbocycles. The highest BCUT2D eigenvalue weighted by Gasteiger charge is 2.11. The number of benzene rings is 1. The van der Waals surface area contributed by atoms with E-state index in [4.69, 9.17) is 0 Å². The van der Waals surface area contributed by atoms with Crippen LogP contribution >= 0.6 is 0 Å². The van der Waals surface area contributed by atoms with Crippen LogP contribution in [0.25, 0.3) is 0 Å². The number of hydrogen-bond donors (Lipinski definition) is 3. The smallest absolute Gasteiger partial charge is 0.309 e. The first-order valence-corrected chi connectivity index (χ1v) is 11.5. The van der Waals surface area contributed by atoms with Gasteiger partial charge in [0.15, 0.2) is 0 Å². The van der Waals surface area contributed by atoms with E-state index in [0.29, 0.717) is 19.5 Å². The number of phenolic OH excluding ortho intramolecular Hbond substituents is 1. The number of nitrogens with one attached hydrogen (secondary N) is 2. The number of aromatic hydroxyl groups is 1. The second-order valence-electron chi connectivity index (χ2n) is 7.82. The average molecular weight is 405 g/mol. The lowest BCUT2D eigenvalue weighted by Gasteiger charge is -2.07. The Labute approximate surface area is 176 Å². The van der Waals surface area contributed by atoms with Crippen LogP contribution < -0.4 is 10.6 Å². The second-order valence-corrected chi connectivity index (χ2v) is 7.82. The number of amides is 2. The summed E-state index contributed by atoms with van der Waals surface area (Å²) in [5.41, 5.74) is 1.00. The van der Waals surface area contributed by atoms with Gasteiger partial charge < -0.3 is 15.7 Å². The van der Waals surface area contributed by atoms with Gasteiger partial charge in [-0.2, -0.15) is 0 Å². The topological polar surface area (TPSA) is 78.4 Å². The van der Waals surface area contributed by atoms with Crippen molar-refractivity contribution in [2.45, 2.75) is 90.4 Å². The molecule has 0 aliphatic carbocycles. The SMILES string of the molecule is CCCCCCCCCCCCCCNC(=O)C(=O)NCCc1ccc(O)cc1. The number of unbranched alkanes of at least 4 members (excludes halogenated alkanes) is 11. The van der Waals surface area contributed by atoms with E-state index in [1.165, 1.54) is 64.2 Å². The minimum Gasteiger partial charge on any atom is -0.508 e. The van der Waals surface area contributed by atoms with Crippen molar-refractivity contribution in [3.05, 3.63) is 29.8 Å². The molecule has 0 saturated carbocycles. The lowest BCUT2D eigenvalue weighted by molar-refractivity contribution is -0.139. The zero-order valence-corrected chi connectivity index (χ0v) is 18.2. The van der Waals surface area contributed by atoms with Gasteiger partial charge in [0.05, 0.1) is 0 Å². The van der Waals surface area contributed by atoms with Crippen LogP contribution in [-0.2, 0) is 16.0 Å². The Morgan fingerprint density at radius 2 is 1.14 bits per heavy atom. The average Bonchev–Trinajstić information content (AvgIpc) is 2.72. The molecule has 3 N–H and O–H groups in total. The molecule has 0 heterocycles. The van der Waals surface area contributed by atoms with Crippen molar-refractivity contribution < 1.29 is 14.7 Å². The summed E-state index contributed by atoms with van der Waals surface area (Å²) >= 11 is 0. The molecule has 0 aliphatic heterocycles. The molecule has 1 aromatic rings. The summed E-state index contributed by atoms with van der Waals surface area (Å²) in [5.74, 6) is -0.920. The van der Waals surface area contributed by atoms with Gasteiger partial charge in [-0.1, -0.05) is 89.7 Å². The maximum absolute atomic E-state index is 11.8. The standard InChI is InChI=1S/C24H40N2O3/c1-2-3-4-5-6-7-8-9-10-11-12-13-19-25-23(28)24(29)26-20-18-21-14-16-22(27)17-15-21/h14-17,27H,2-13,18-20H2,1H3,(H,25,28)(H,26,29). The van der Waals surface area contributed by atoms with E-state index < -0.39 is 11.8 Å². The fourth-order valence-corrected chi connectivity index (χ4v) is 3.31. The van der Waals surface area contributed by atoms with Crippen molar-refractivity contribution in [1.29, 1.82) is 0 Å². The van der Waals surface area contributed by atoms with E-state index in [2.05, 4.69) is 17.6 Å². The Morgan fingerprint density at radius 3 is 1.66 bits per heavy atom. The van der Waals surface area contributed by atoms with Crippen LogP contribution in [0, 0.1) is 0 Å². The van der Waals surface area contributed by atoms with Gasteiger partial charge in [-0.05, 0) is 30.5 Å². The molecule has 0 spiro atoms. The van der Waals surface area contributed by atoms with Crippen molar-refractivity contribution in [2.24, 2.45) is 0 Å². The van der Waals surface area contributed by atoms with Crippen LogP contribution in [0.2, 0.25) is 0 Å². The first-order valence-electron chi connectivity index (χ1n) is 11.5. The van der Waals surface area contributed by atoms with Crippen LogP contribution in [-0.4, -0.2) is 30.0 Å². The van der Waals surface area contributed by atoms with Crippen LogP contribution in [0.15, 0.2) is 24.3 Å². The molecule has 0 fully saturated rings. The second kappa shape index (κ2) is 16.9. The van der Waals surface area contributed by atoms with Gasteiger partial charge in [0.2, 0.25) is 0 Å². The van der Waals surface area contributed by atoms with Crippen LogP contribution in [0.1, 0.15) is 89.5 Å². The summed E-state index contributed by atoms with van der Waals surface area (Å²) in [7, 11) is 0. The van der Waals surface area contributed by atoms with Crippen molar-refractivity contribution in [1.82, 2.24) is 10.6 Å². The van der Waals surface area contributed by atoms with Crippen molar-refractivity contribution in [2.75, 3.05) is 13.1 Å². The predicted octanol–water partition coefficient (Wildman–Crippen LogP) is 4.87. The van der Waals surface area contributed by atoms with Crippen LogP contribution in [0.4, 0.5) is 0 Å². The molecule has 0 aliphatic rings. The molecule has 0 aromatic heterocycles. The van der Waals surface area contributed by atoms with Gasteiger partial charge in [-0.15, -0.1) is 0 Å². The summed E-state index contributed by atoms with van der Waals surface area (Å²) in [5, 5.41) is 14.6. The van der Waals surface area contributed by atoms with Gasteiger partial charge in [0.25, 0.3) is 0 Å². The van der Waals surface area contributed by atoms with Gasteiger partial charge in [-0.25, -0.2) is 0 Å². The number of hydrogen-bond acceptors (Lipinski definition) is 3.